The van der Waals surface area contributed by atoms with Gasteiger partial charge in [-0.15, -0.1) is 0 Å². The van der Waals surface area contributed by atoms with Crippen LogP contribution in [0, 0.1) is 12.8 Å². The van der Waals surface area contributed by atoms with E-state index in [2.05, 4.69) is 13.8 Å². The van der Waals surface area contributed by atoms with E-state index in [9.17, 15) is 8.42 Å². The lowest BCUT2D eigenvalue weighted by Gasteiger charge is -2.10. The van der Waals surface area contributed by atoms with Crippen LogP contribution in [-0.2, 0) is 9.84 Å². The summed E-state index contributed by atoms with van der Waals surface area (Å²) in [6.07, 6.45) is 1.63. The average molecular weight is 255 g/mol. The molecule has 1 aromatic carbocycles. The Bertz CT molecular complexity index is 478. The van der Waals surface area contributed by atoms with Gasteiger partial charge in [-0.25, -0.2) is 8.42 Å². The van der Waals surface area contributed by atoms with Crippen LogP contribution in [0.15, 0.2) is 23.1 Å². The maximum Gasteiger partial charge on any atom is 0.178 e. The van der Waals surface area contributed by atoms with Crippen LogP contribution in [-0.4, -0.2) is 14.2 Å². The van der Waals surface area contributed by atoms with Crippen molar-refractivity contribution in [3.63, 3.8) is 0 Å². The van der Waals surface area contributed by atoms with Crippen molar-refractivity contribution in [3.8, 4) is 0 Å². The molecule has 2 N–H and O–H groups in total. The van der Waals surface area contributed by atoms with Gasteiger partial charge in [0.05, 0.1) is 10.6 Å². The first-order valence-corrected chi connectivity index (χ1v) is 7.57. The second kappa shape index (κ2) is 5.54. The fourth-order valence-corrected chi connectivity index (χ4v) is 3.40. The molecule has 0 atom stereocenters. The van der Waals surface area contributed by atoms with Gasteiger partial charge in [0, 0.05) is 5.69 Å². The van der Waals surface area contributed by atoms with Crippen molar-refractivity contribution in [1.82, 2.24) is 0 Å². The van der Waals surface area contributed by atoms with Crippen molar-refractivity contribution in [1.29, 1.82) is 0 Å². The molecule has 0 aliphatic carbocycles. The molecule has 0 bridgehead atoms. The molecule has 0 aliphatic rings. The topological polar surface area (TPSA) is 60.2 Å². The summed E-state index contributed by atoms with van der Waals surface area (Å²) in [4.78, 5) is 0.376. The zero-order chi connectivity index (χ0) is 13.1. The van der Waals surface area contributed by atoms with Gasteiger partial charge in [0.2, 0.25) is 0 Å². The first-order valence-electron chi connectivity index (χ1n) is 5.92. The normalized spacial score (nSPS) is 12.0. The van der Waals surface area contributed by atoms with E-state index >= 15 is 0 Å². The molecule has 0 aromatic heterocycles. The Morgan fingerprint density at radius 2 is 1.94 bits per heavy atom. The standard InChI is InChI=1S/C13H21NO2S/c1-10(2)6-5-9-17(15,16)13-8-4-7-12(14)11(13)3/h4,7-8,10H,5-6,9,14H2,1-3H3. The second-order valence-corrected chi connectivity index (χ2v) is 6.90. The molecule has 0 saturated carbocycles. The predicted molar refractivity (Wildman–Crippen MR) is 71.7 cm³/mol. The maximum absolute atomic E-state index is 12.1. The van der Waals surface area contributed by atoms with Crippen molar-refractivity contribution in [2.75, 3.05) is 11.5 Å². The van der Waals surface area contributed by atoms with Crippen molar-refractivity contribution in [2.24, 2.45) is 5.92 Å². The van der Waals surface area contributed by atoms with Crippen LogP contribution < -0.4 is 5.73 Å². The Labute approximate surface area is 104 Å². The van der Waals surface area contributed by atoms with Crippen molar-refractivity contribution in [3.05, 3.63) is 23.8 Å². The summed E-state index contributed by atoms with van der Waals surface area (Å²) in [5.74, 6) is 0.738. The first kappa shape index (κ1) is 14.0. The Morgan fingerprint density at radius 3 is 2.53 bits per heavy atom. The van der Waals surface area contributed by atoms with Gasteiger partial charge in [0.15, 0.2) is 9.84 Å². The molecule has 0 radical (unpaired) electrons. The molecule has 3 nitrogen and oxygen atoms in total. The molecule has 0 aliphatic heterocycles. The lowest BCUT2D eigenvalue weighted by atomic mass is 10.1. The number of nitrogens with two attached hydrogens (primary N) is 1. The molecule has 4 heteroatoms. The maximum atomic E-state index is 12.1. The SMILES string of the molecule is Cc1c(N)cccc1S(=O)(=O)CCCC(C)C. The van der Waals surface area contributed by atoms with Gasteiger partial charge in [-0.1, -0.05) is 19.9 Å². The summed E-state index contributed by atoms with van der Waals surface area (Å²) < 4.78 is 24.3. The molecular formula is C13H21NO2S. The van der Waals surface area contributed by atoms with Crippen LogP contribution in [0.25, 0.3) is 0 Å². The van der Waals surface area contributed by atoms with E-state index in [1.165, 1.54) is 0 Å². The fraction of sp³-hybridized carbons (Fsp3) is 0.538. The van der Waals surface area contributed by atoms with Gasteiger partial charge in [-0.3, -0.25) is 0 Å². The highest BCUT2D eigenvalue weighted by Crippen LogP contribution is 2.22. The third kappa shape index (κ3) is 3.73. The molecule has 1 rings (SSSR count). The number of rotatable bonds is 5. The Morgan fingerprint density at radius 1 is 1.29 bits per heavy atom. The summed E-state index contributed by atoms with van der Waals surface area (Å²) in [5, 5.41) is 0. The van der Waals surface area contributed by atoms with Crippen LogP contribution in [0.3, 0.4) is 0 Å². The first-order chi connectivity index (χ1) is 7.84. The van der Waals surface area contributed by atoms with Crippen LogP contribution in [0.4, 0.5) is 5.69 Å². The van der Waals surface area contributed by atoms with E-state index in [0.717, 1.165) is 6.42 Å². The largest absolute Gasteiger partial charge is 0.398 e. The lowest BCUT2D eigenvalue weighted by molar-refractivity contribution is 0.560. The molecule has 0 amide bonds. The van der Waals surface area contributed by atoms with Crippen molar-refractivity contribution in [2.45, 2.75) is 38.5 Å². The molecule has 0 unspecified atom stereocenters. The van der Waals surface area contributed by atoms with Crippen LogP contribution in [0.2, 0.25) is 0 Å². The van der Waals surface area contributed by atoms with E-state index in [4.69, 9.17) is 5.73 Å². The highest BCUT2D eigenvalue weighted by Gasteiger charge is 2.17. The number of sulfone groups is 1. The third-order valence-corrected chi connectivity index (χ3v) is 4.79. The van der Waals surface area contributed by atoms with E-state index in [0.29, 0.717) is 28.5 Å². The van der Waals surface area contributed by atoms with Gasteiger partial charge >= 0.3 is 0 Å². The second-order valence-electron chi connectivity index (χ2n) is 4.83. The van der Waals surface area contributed by atoms with E-state index in [1.807, 2.05) is 0 Å². The van der Waals surface area contributed by atoms with Gasteiger partial charge in [-0.2, -0.15) is 0 Å². The predicted octanol–water partition coefficient (Wildman–Crippen LogP) is 2.79. The third-order valence-electron chi connectivity index (χ3n) is 2.86. The molecule has 1 aromatic rings. The molecule has 0 spiro atoms. The Kier molecular flexibility index (Phi) is 4.57. The number of hydrogen-bond donors (Lipinski definition) is 1. The summed E-state index contributed by atoms with van der Waals surface area (Å²) >= 11 is 0. The number of nitrogen functional groups attached to an aromatic ring is 1. The van der Waals surface area contributed by atoms with Crippen LogP contribution in [0.5, 0.6) is 0 Å². The summed E-state index contributed by atoms with van der Waals surface area (Å²) in [6.45, 7) is 5.95. The summed E-state index contributed by atoms with van der Waals surface area (Å²) in [5.41, 5.74) is 6.93. The van der Waals surface area contributed by atoms with Crippen molar-refractivity contribution < 1.29 is 8.42 Å². The average Bonchev–Trinajstić information content (AvgIpc) is 2.21. The monoisotopic (exact) mass is 255 g/mol. The van der Waals surface area contributed by atoms with Crippen LogP contribution in [0.1, 0.15) is 32.3 Å². The van der Waals surface area contributed by atoms with Crippen molar-refractivity contribution >= 4 is 15.5 Å². The number of anilines is 1. The molecule has 0 fully saturated rings. The summed E-state index contributed by atoms with van der Waals surface area (Å²) in [6, 6.07) is 5.05. The van der Waals surface area contributed by atoms with E-state index in [-0.39, 0.29) is 5.75 Å². The highest BCUT2D eigenvalue weighted by molar-refractivity contribution is 7.91. The zero-order valence-corrected chi connectivity index (χ0v) is 11.5. The smallest absolute Gasteiger partial charge is 0.178 e. The van der Waals surface area contributed by atoms with Gasteiger partial charge in [0.1, 0.15) is 0 Å². The molecule has 17 heavy (non-hydrogen) atoms. The number of benzene rings is 1. The van der Waals surface area contributed by atoms with Gasteiger partial charge in [0.25, 0.3) is 0 Å². The Balaban J connectivity index is 2.87. The minimum atomic E-state index is -3.19. The van der Waals surface area contributed by atoms with E-state index in [1.54, 1.807) is 25.1 Å². The quantitative estimate of drug-likeness (QED) is 0.823. The molecule has 96 valence electrons. The van der Waals surface area contributed by atoms with Crippen LogP contribution >= 0.6 is 0 Å². The highest BCUT2D eigenvalue weighted by atomic mass is 32.2. The Hall–Kier alpha value is -1.03. The minimum absolute atomic E-state index is 0.204. The minimum Gasteiger partial charge on any atom is -0.398 e. The molecule has 0 heterocycles. The number of hydrogen-bond acceptors (Lipinski definition) is 3. The summed E-state index contributed by atoms with van der Waals surface area (Å²) in [7, 11) is -3.19. The van der Waals surface area contributed by atoms with E-state index < -0.39 is 9.84 Å². The molecular weight excluding hydrogens is 234 g/mol. The lowest BCUT2D eigenvalue weighted by Crippen LogP contribution is -2.10. The molecule has 0 saturated heterocycles. The van der Waals surface area contributed by atoms with Gasteiger partial charge < -0.3 is 5.73 Å². The van der Waals surface area contributed by atoms with Gasteiger partial charge in [-0.05, 0) is 43.4 Å². The fourth-order valence-electron chi connectivity index (χ4n) is 1.76. The zero-order valence-electron chi connectivity index (χ0n) is 10.7.